The van der Waals surface area contributed by atoms with Crippen LogP contribution in [0.25, 0.3) is 0 Å². The summed E-state index contributed by atoms with van der Waals surface area (Å²) in [5.41, 5.74) is -1.08. The van der Waals surface area contributed by atoms with E-state index in [0.717, 1.165) is 6.07 Å². The van der Waals surface area contributed by atoms with Gasteiger partial charge in [-0.3, -0.25) is 5.32 Å². The highest BCUT2D eigenvalue weighted by molar-refractivity contribution is 5.86. The Morgan fingerprint density at radius 3 is 2.33 bits per heavy atom. The van der Waals surface area contributed by atoms with E-state index in [1.807, 2.05) is 0 Å². The average molecular weight is 299 g/mol. The fourth-order valence-electron chi connectivity index (χ4n) is 1.56. The van der Waals surface area contributed by atoms with Crippen LogP contribution in [0.4, 0.5) is 28.0 Å². The van der Waals surface area contributed by atoms with Crippen LogP contribution in [0, 0.1) is 5.82 Å². The zero-order chi connectivity index (χ0) is 15.5. The number of benzene rings is 2. The van der Waals surface area contributed by atoms with Crippen molar-refractivity contribution in [1.29, 1.82) is 0 Å². The van der Waals surface area contributed by atoms with E-state index in [1.54, 1.807) is 30.3 Å². The van der Waals surface area contributed by atoms with E-state index in [4.69, 9.17) is 4.74 Å². The van der Waals surface area contributed by atoms with Crippen molar-refractivity contribution < 1.29 is 27.1 Å². The summed E-state index contributed by atoms with van der Waals surface area (Å²) in [5, 5.41) is 2.33. The van der Waals surface area contributed by atoms with Crippen molar-refractivity contribution in [2.24, 2.45) is 0 Å². The third-order valence-corrected chi connectivity index (χ3v) is 2.47. The van der Waals surface area contributed by atoms with Crippen molar-refractivity contribution >= 4 is 11.8 Å². The minimum absolute atomic E-state index is 0.405. The number of nitrogens with one attached hydrogen (secondary N) is 1. The van der Waals surface area contributed by atoms with Crippen LogP contribution in [0.2, 0.25) is 0 Å². The van der Waals surface area contributed by atoms with Crippen LogP contribution in [-0.2, 0) is 6.18 Å². The van der Waals surface area contributed by atoms with Gasteiger partial charge < -0.3 is 4.74 Å². The molecule has 0 aliphatic carbocycles. The standard InChI is InChI=1S/C14H9F4NO2/c15-12-7-6-10(8-11(12)14(16,17)18)21-13(20)19-9-4-2-1-3-5-9/h1-8H,(H,19,20). The summed E-state index contributed by atoms with van der Waals surface area (Å²) in [4.78, 5) is 11.5. The molecular formula is C14H9F4NO2. The summed E-state index contributed by atoms with van der Waals surface area (Å²) in [7, 11) is 0. The van der Waals surface area contributed by atoms with Crippen molar-refractivity contribution in [3.8, 4) is 5.75 Å². The van der Waals surface area contributed by atoms with Gasteiger partial charge in [0.15, 0.2) is 0 Å². The molecule has 2 aromatic carbocycles. The van der Waals surface area contributed by atoms with Crippen LogP contribution in [0.1, 0.15) is 5.56 Å². The number of anilines is 1. The van der Waals surface area contributed by atoms with Crippen LogP contribution in [-0.4, -0.2) is 6.09 Å². The highest BCUT2D eigenvalue weighted by Gasteiger charge is 2.34. The molecule has 2 aromatic rings. The van der Waals surface area contributed by atoms with Gasteiger partial charge in [0.1, 0.15) is 11.6 Å². The van der Waals surface area contributed by atoms with E-state index >= 15 is 0 Å². The van der Waals surface area contributed by atoms with Gasteiger partial charge in [-0.15, -0.1) is 0 Å². The van der Waals surface area contributed by atoms with Gasteiger partial charge in [-0.1, -0.05) is 18.2 Å². The molecule has 0 aliphatic heterocycles. The fourth-order valence-corrected chi connectivity index (χ4v) is 1.56. The SMILES string of the molecule is O=C(Nc1ccccc1)Oc1ccc(F)c(C(F)(F)F)c1. The topological polar surface area (TPSA) is 38.3 Å². The molecule has 0 bridgehead atoms. The number of carbonyl (C=O) groups is 1. The zero-order valence-corrected chi connectivity index (χ0v) is 10.4. The Hall–Kier alpha value is -2.57. The summed E-state index contributed by atoms with van der Waals surface area (Å²) in [6.45, 7) is 0. The Kier molecular flexibility index (Phi) is 4.11. The number of rotatable bonds is 2. The predicted octanol–water partition coefficient (Wildman–Crippen LogP) is 4.46. The molecule has 0 fully saturated rings. The molecule has 2 rings (SSSR count). The van der Waals surface area contributed by atoms with E-state index < -0.39 is 29.4 Å². The maximum absolute atomic E-state index is 13.1. The lowest BCUT2D eigenvalue weighted by Gasteiger charge is -2.10. The van der Waals surface area contributed by atoms with Gasteiger partial charge in [0, 0.05) is 5.69 Å². The quantitative estimate of drug-likeness (QED) is 0.832. The second-order valence-corrected chi connectivity index (χ2v) is 4.02. The Morgan fingerprint density at radius 2 is 1.71 bits per heavy atom. The highest BCUT2D eigenvalue weighted by atomic mass is 19.4. The van der Waals surface area contributed by atoms with E-state index in [2.05, 4.69) is 5.32 Å². The van der Waals surface area contributed by atoms with Gasteiger partial charge in [0.2, 0.25) is 0 Å². The molecule has 0 saturated heterocycles. The average Bonchev–Trinajstić information content (AvgIpc) is 2.41. The Labute approximate surface area is 117 Å². The van der Waals surface area contributed by atoms with Crippen LogP contribution in [0.15, 0.2) is 48.5 Å². The molecule has 3 nitrogen and oxygen atoms in total. The highest BCUT2D eigenvalue weighted by Crippen LogP contribution is 2.33. The first kappa shape index (κ1) is 14.8. The van der Waals surface area contributed by atoms with Gasteiger partial charge in [0.25, 0.3) is 0 Å². The van der Waals surface area contributed by atoms with Gasteiger partial charge in [-0.25, -0.2) is 9.18 Å². The lowest BCUT2D eigenvalue weighted by Crippen LogP contribution is -2.17. The van der Waals surface area contributed by atoms with Crippen LogP contribution >= 0.6 is 0 Å². The summed E-state index contributed by atoms with van der Waals surface area (Å²) in [5.74, 6) is -1.84. The van der Waals surface area contributed by atoms with Gasteiger partial charge >= 0.3 is 12.3 Å². The first-order valence-corrected chi connectivity index (χ1v) is 5.77. The molecule has 1 amide bonds. The maximum atomic E-state index is 13.1. The van der Waals surface area contributed by atoms with Crippen molar-refractivity contribution in [1.82, 2.24) is 0 Å². The van der Waals surface area contributed by atoms with Crippen molar-refractivity contribution in [3.63, 3.8) is 0 Å². The third-order valence-electron chi connectivity index (χ3n) is 2.47. The van der Waals surface area contributed by atoms with Gasteiger partial charge in [0.05, 0.1) is 5.56 Å². The lowest BCUT2D eigenvalue weighted by atomic mass is 10.2. The van der Waals surface area contributed by atoms with E-state index in [9.17, 15) is 22.4 Å². The minimum Gasteiger partial charge on any atom is -0.410 e. The molecule has 1 N–H and O–H groups in total. The molecular weight excluding hydrogens is 290 g/mol. The van der Waals surface area contributed by atoms with E-state index in [-0.39, 0.29) is 0 Å². The van der Waals surface area contributed by atoms with Gasteiger partial charge in [-0.2, -0.15) is 13.2 Å². The fraction of sp³-hybridized carbons (Fsp3) is 0.0714. The number of para-hydroxylation sites is 1. The van der Waals surface area contributed by atoms with Gasteiger partial charge in [-0.05, 0) is 30.3 Å². The zero-order valence-electron chi connectivity index (χ0n) is 10.4. The normalized spacial score (nSPS) is 11.0. The number of amides is 1. The molecule has 0 unspecified atom stereocenters. The molecule has 21 heavy (non-hydrogen) atoms. The molecule has 0 aromatic heterocycles. The smallest absolute Gasteiger partial charge is 0.410 e. The first-order chi connectivity index (χ1) is 9.86. The number of hydrogen-bond acceptors (Lipinski definition) is 2. The first-order valence-electron chi connectivity index (χ1n) is 5.77. The second kappa shape index (κ2) is 5.82. The van der Waals surface area contributed by atoms with E-state index in [0.29, 0.717) is 17.8 Å². The molecule has 0 spiro atoms. The molecule has 0 aliphatic rings. The molecule has 0 atom stereocenters. The largest absolute Gasteiger partial charge is 0.419 e. The number of halogens is 4. The summed E-state index contributed by atoms with van der Waals surface area (Å²) >= 11 is 0. The number of carbonyl (C=O) groups excluding carboxylic acids is 1. The molecule has 0 radical (unpaired) electrons. The molecule has 110 valence electrons. The monoisotopic (exact) mass is 299 g/mol. The summed E-state index contributed by atoms with van der Waals surface area (Å²) in [6, 6.07) is 10.2. The van der Waals surface area contributed by atoms with Crippen molar-refractivity contribution in [2.75, 3.05) is 5.32 Å². The number of ether oxygens (including phenoxy) is 1. The molecule has 7 heteroatoms. The predicted molar refractivity (Wildman–Crippen MR) is 67.5 cm³/mol. The number of alkyl halides is 3. The second-order valence-electron chi connectivity index (χ2n) is 4.02. The maximum Gasteiger partial charge on any atom is 0.419 e. The third kappa shape index (κ3) is 3.95. The minimum atomic E-state index is -4.86. The van der Waals surface area contributed by atoms with Crippen LogP contribution in [0.3, 0.4) is 0 Å². The Morgan fingerprint density at radius 1 is 1.05 bits per heavy atom. The lowest BCUT2D eigenvalue weighted by molar-refractivity contribution is -0.140. The Balaban J connectivity index is 2.11. The van der Waals surface area contributed by atoms with Crippen molar-refractivity contribution in [2.45, 2.75) is 6.18 Å². The number of hydrogen-bond donors (Lipinski definition) is 1. The summed E-state index contributed by atoms with van der Waals surface area (Å²) < 4.78 is 55.3. The Bertz CT molecular complexity index is 641. The van der Waals surface area contributed by atoms with Crippen molar-refractivity contribution in [3.05, 3.63) is 59.9 Å². The van der Waals surface area contributed by atoms with E-state index in [1.165, 1.54) is 0 Å². The van der Waals surface area contributed by atoms with Crippen LogP contribution in [0.5, 0.6) is 5.75 Å². The van der Waals surface area contributed by atoms with Crippen LogP contribution < -0.4 is 10.1 Å². The summed E-state index contributed by atoms with van der Waals surface area (Å²) in [6.07, 6.45) is -5.83. The molecule has 0 heterocycles. The molecule has 0 saturated carbocycles.